The number of fused-ring (bicyclic) bond motifs is 1. The minimum atomic E-state index is -4.60. The molecule has 6 nitrogen and oxygen atoms in total. The van der Waals surface area contributed by atoms with E-state index < -0.39 is 22.7 Å². The molecule has 0 bridgehead atoms. The van der Waals surface area contributed by atoms with E-state index in [-0.39, 0.29) is 36.7 Å². The molecule has 1 fully saturated rings. The van der Waals surface area contributed by atoms with Crippen molar-refractivity contribution in [2.24, 2.45) is 17.3 Å². The van der Waals surface area contributed by atoms with Gasteiger partial charge in [0.2, 0.25) is 5.91 Å². The summed E-state index contributed by atoms with van der Waals surface area (Å²) in [6.45, 7) is 8.09. The molecule has 1 unspecified atom stereocenters. The Morgan fingerprint density at radius 2 is 2.03 bits per heavy atom. The fourth-order valence-corrected chi connectivity index (χ4v) is 5.30. The number of halogens is 3. The van der Waals surface area contributed by atoms with E-state index in [9.17, 15) is 22.8 Å². The van der Waals surface area contributed by atoms with Crippen molar-refractivity contribution in [2.45, 2.75) is 65.0 Å². The van der Waals surface area contributed by atoms with Crippen molar-refractivity contribution in [3.8, 4) is 0 Å². The molecule has 4 atom stereocenters. The van der Waals surface area contributed by atoms with Crippen LogP contribution in [0.4, 0.5) is 13.2 Å². The second-order valence-corrected chi connectivity index (χ2v) is 9.93. The predicted molar refractivity (Wildman–Crippen MR) is 117 cm³/mol. The SMILES string of the molecule is CC(C)[C@]1(C(=O)N2CCn3c(cc(C(F)(F)F)cc3=O)C2)C=CC(N[C@@H]2CCOC[C@@H]2C)C1. The number of hydrogen-bond acceptors (Lipinski definition) is 4. The second kappa shape index (κ2) is 8.91. The first-order valence-electron chi connectivity index (χ1n) is 11.6. The quantitative estimate of drug-likeness (QED) is 0.691. The normalized spacial score (nSPS) is 30.0. The van der Waals surface area contributed by atoms with E-state index in [1.54, 1.807) is 4.90 Å². The Bertz CT molecular complexity index is 987. The van der Waals surface area contributed by atoms with Crippen molar-refractivity contribution in [1.82, 2.24) is 14.8 Å². The van der Waals surface area contributed by atoms with Crippen molar-refractivity contribution in [2.75, 3.05) is 19.8 Å². The maximum atomic E-state index is 13.8. The van der Waals surface area contributed by atoms with Gasteiger partial charge in [0.25, 0.3) is 5.56 Å². The molecular weight excluding hydrogens is 435 g/mol. The highest BCUT2D eigenvalue weighted by molar-refractivity contribution is 5.86. The summed E-state index contributed by atoms with van der Waals surface area (Å²) in [5, 5.41) is 3.67. The van der Waals surface area contributed by atoms with E-state index >= 15 is 0 Å². The van der Waals surface area contributed by atoms with Crippen LogP contribution in [0.15, 0.2) is 29.1 Å². The number of aromatic nitrogens is 1. The van der Waals surface area contributed by atoms with Gasteiger partial charge in [0.05, 0.1) is 24.1 Å². The highest BCUT2D eigenvalue weighted by Gasteiger charge is 2.47. The monoisotopic (exact) mass is 467 g/mol. The smallest absolute Gasteiger partial charge is 0.381 e. The number of rotatable bonds is 4. The largest absolute Gasteiger partial charge is 0.416 e. The lowest BCUT2D eigenvalue weighted by Crippen LogP contribution is -2.51. The summed E-state index contributed by atoms with van der Waals surface area (Å²) in [6.07, 6.45) is 0.973. The van der Waals surface area contributed by atoms with E-state index in [0.29, 0.717) is 31.0 Å². The van der Waals surface area contributed by atoms with Crippen molar-refractivity contribution in [3.05, 3.63) is 45.9 Å². The van der Waals surface area contributed by atoms with Crippen molar-refractivity contribution in [1.29, 1.82) is 0 Å². The molecule has 0 spiro atoms. The lowest BCUT2D eigenvalue weighted by molar-refractivity contribution is -0.143. The van der Waals surface area contributed by atoms with Gasteiger partial charge in [0.1, 0.15) is 0 Å². The van der Waals surface area contributed by atoms with Crippen LogP contribution in [-0.4, -0.2) is 47.2 Å². The zero-order valence-electron chi connectivity index (χ0n) is 19.3. The van der Waals surface area contributed by atoms with E-state index in [1.165, 1.54) is 4.57 Å². The lowest BCUT2D eigenvalue weighted by Gasteiger charge is -2.40. The van der Waals surface area contributed by atoms with Crippen molar-refractivity contribution < 1.29 is 22.7 Å². The van der Waals surface area contributed by atoms with Crippen LogP contribution in [-0.2, 0) is 28.8 Å². The predicted octanol–water partition coefficient (Wildman–Crippen LogP) is 3.19. The van der Waals surface area contributed by atoms with Crippen LogP contribution in [0.5, 0.6) is 0 Å². The van der Waals surface area contributed by atoms with Gasteiger partial charge in [-0.3, -0.25) is 9.59 Å². The lowest BCUT2D eigenvalue weighted by atomic mass is 9.74. The van der Waals surface area contributed by atoms with Gasteiger partial charge in [-0.25, -0.2) is 0 Å². The third kappa shape index (κ3) is 4.62. The Morgan fingerprint density at radius 1 is 1.27 bits per heavy atom. The Kier molecular flexibility index (Phi) is 6.48. The minimum absolute atomic E-state index is 0.00457. The molecule has 0 aromatic carbocycles. The Morgan fingerprint density at radius 3 is 2.70 bits per heavy atom. The zero-order chi connectivity index (χ0) is 24.0. The van der Waals surface area contributed by atoms with Crippen LogP contribution in [0, 0.1) is 17.3 Å². The molecule has 0 radical (unpaired) electrons. The van der Waals surface area contributed by atoms with E-state index in [2.05, 4.69) is 18.3 Å². The van der Waals surface area contributed by atoms with Crippen LogP contribution in [0.2, 0.25) is 0 Å². The molecule has 0 saturated carbocycles. The summed E-state index contributed by atoms with van der Waals surface area (Å²) < 4.78 is 46.5. The maximum absolute atomic E-state index is 13.8. The number of ether oxygens (including phenoxy) is 1. The Balaban J connectivity index is 1.52. The van der Waals surface area contributed by atoms with Crippen LogP contribution in [0.1, 0.15) is 44.9 Å². The first-order chi connectivity index (χ1) is 15.5. The minimum Gasteiger partial charge on any atom is -0.381 e. The molecule has 1 aromatic rings. The fourth-order valence-electron chi connectivity index (χ4n) is 5.30. The molecule has 1 saturated heterocycles. The summed E-state index contributed by atoms with van der Waals surface area (Å²) in [6, 6.07) is 1.99. The van der Waals surface area contributed by atoms with Gasteiger partial charge in [-0.15, -0.1) is 0 Å². The number of nitrogens with zero attached hydrogens (tertiary/aromatic N) is 2. The van der Waals surface area contributed by atoms with Gasteiger partial charge in [-0.2, -0.15) is 13.2 Å². The highest BCUT2D eigenvalue weighted by atomic mass is 19.4. The number of amides is 1. The highest BCUT2D eigenvalue weighted by Crippen LogP contribution is 2.42. The van der Waals surface area contributed by atoms with Gasteiger partial charge in [-0.05, 0) is 30.7 Å². The molecule has 1 N–H and O–H groups in total. The number of carbonyl (C=O) groups is 1. The van der Waals surface area contributed by atoms with Crippen LogP contribution in [0.3, 0.4) is 0 Å². The fraction of sp³-hybridized carbons (Fsp3) is 0.667. The first-order valence-corrected chi connectivity index (χ1v) is 11.6. The van der Waals surface area contributed by atoms with Gasteiger partial charge >= 0.3 is 6.18 Å². The molecule has 3 heterocycles. The van der Waals surface area contributed by atoms with Crippen LogP contribution in [0.25, 0.3) is 0 Å². The second-order valence-electron chi connectivity index (χ2n) is 9.93. The number of nitrogens with one attached hydrogen (secondary N) is 1. The first kappa shape index (κ1) is 24.0. The van der Waals surface area contributed by atoms with Crippen molar-refractivity contribution in [3.63, 3.8) is 0 Å². The number of pyridine rings is 1. The molecule has 4 rings (SSSR count). The Labute approximate surface area is 191 Å². The van der Waals surface area contributed by atoms with Gasteiger partial charge < -0.3 is 19.5 Å². The molecule has 3 aliphatic rings. The molecular formula is C24H32F3N3O3. The molecule has 182 valence electrons. The molecule has 9 heteroatoms. The van der Waals surface area contributed by atoms with Crippen LogP contribution >= 0.6 is 0 Å². The number of carbonyl (C=O) groups excluding carboxylic acids is 1. The topological polar surface area (TPSA) is 63.6 Å². The molecule has 33 heavy (non-hydrogen) atoms. The number of hydrogen-bond donors (Lipinski definition) is 1. The van der Waals surface area contributed by atoms with Gasteiger partial charge in [0, 0.05) is 43.5 Å². The average molecular weight is 468 g/mol. The summed E-state index contributed by atoms with van der Waals surface area (Å²) in [5.74, 6) is 0.316. The van der Waals surface area contributed by atoms with Gasteiger partial charge in [0.15, 0.2) is 0 Å². The third-order valence-electron chi connectivity index (χ3n) is 7.46. The van der Waals surface area contributed by atoms with Crippen LogP contribution < -0.4 is 10.9 Å². The summed E-state index contributed by atoms with van der Waals surface area (Å²) in [4.78, 5) is 27.6. The van der Waals surface area contributed by atoms with E-state index in [0.717, 1.165) is 25.7 Å². The summed E-state index contributed by atoms with van der Waals surface area (Å²) in [5.41, 5.74) is -2.15. The average Bonchev–Trinajstić information content (AvgIpc) is 3.19. The summed E-state index contributed by atoms with van der Waals surface area (Å²) in [7, 11) is 0. The maximum Gasteiger partial charge on any atom is 0.416 e. The van der Waals surface area contributed by atoms with Gasteiger partial charge in [-0.1, -0.05) is 32.9 Å². The zero-order valence-corrected chi connectivity index (χ0v) is 19.3. The van der Waals surface area contributed by atoms with Crippen molar-refractivity contribution >= 4 is 5.91 Å². The standard InChI is InChI=1S/C24H32F3N3O3/c1-15(2)23(6-4-18(12-23)28-20-5-9-33-14-16(20)3)22(32)29-7-8-30-19(13-29)10-17(11-21(30)31)24(25,26)27/h4,6,10-11,15-16,18,20,28H,5,7-9,12-14H2,1-3H3/t16-,18?,20+,23-/m0/s1. The third-order valence-corrected chi connectivity index (χ3v) is 7.46. The van der Waals surface area contributed by atoms with E-state index in [4.69, 9.17) is 4.74 Å². The molecule has 1 amide bonds. The molecule has 2 aliphatic heterocycles. The number of alkyl halides is 3. The Hall–Kier alpha value is -2.13. The summed E-state index contributed by atoms with van der Waals surface area (Å²) >= 11 is 0. The van der Waals surface area contributed by atoms with E-state index in [1.807, 2.05) is 19.9 Å². The molecule has 1 aromatic heterocycles. The molecule has 1 aliphatic carbocycles.